The normalized spacial score (nSPS) is 34.8. The van der Waals surface area contributed by atoms with Gasteiger partial charge in [0.05, 0.1) is 5.92 Å². The molecule has 0 spiro atoms. The van der Waals surface area contributed by atoms with E-state index in [-0.39, 0.29) is 30.7 Å². The minimum Gasteiger partial charge on any atom is -0.342 e. The third-order valence-electron chi connectivity index (χ3n) is 5.17. The largest absolute Gasteiger partial charge is 0.391 e. The van der Waals surface area contributed by atoms with Gasteiger partial charge in [0.2, 0.25) is 5.91 Å². The molecule has 2 aliphatic rings. The van der Waals surface area contributed by atoms with Crippen molar-refractivity contribution in [2.45, 2.75) is 57.7 Å². The predicted octanol–water partition coefficient (Wildman–Crippen LogP) is 2.94. The Bertz CT molecular complexity index is 364. The first-order valence-electron chi connectivity index (χ1n) is 7.94. The number of amides is 1. The molecule has 0 bridgehead atoms. The highest BCUT2D eigenvalue weighted by molar-refractivity contribution is 5.79. The lowest BCUT2D eigenvalue weighted by Crippen LogP contribution is -2.51. The van der Waals surface area contributed by atoms with Gasteiger partial charge >= 0.3 is 6.18 Å². The van der Waals surface area contributed by atoms with Gasteiger partial charge in [-0.15, -0.1) is 0 Å². The smallest absolute Gasteiger partial charge is 0.342 e. The van der Waals surface area contributed by atoms with Crippen LogP contribution in [0.3, 0.4) is 0 Å². The molecule has 3 nitrogen and oxygen atoms in total. The molecule has 1 saturated carbocycles. The highest BCUT2D eigenvalue weighted by atomic mass is 19.4. The summed E-state index contributed by atoms with van der Waals surface area (Å²) >= 11 is 0. The van der Waals surface area contributed by atoms with Gasteiger partial charge in [-0.05, 0) is 38.0 Å². The van der Waals surface area contributed by atoms with Crippen LogP contribution >= 0.6 is 0 Å². The van der Waals surface area contributed by atoms with Crippen LogP contribution < -0.4 is 5.73 Å². The molecule has 122 valence electrons. The number of carbonyl (C=O) groups excluding carboxylic acids is 1. The van der Waals surface area contributed by atoms with Crippen LogP contribution in [0.25, 0.3) is 0 Å². The first-order chi connectivity index (χ1) is 9.82. The second kappa shape index (κ2) is 6.55. The topological polar surface area (TPSA) is 46.3 Å². The molecule has 0 aromatic heterocycles. The van der Waals surface area contributed by atoms with Crippen molar-refractivity contribution < 1.29 is 18.0 Å². The molecule has 1 amide bonds. The number of carbonyl (C=O) groups is 1. The van der Waals surface area contributed by atoms with Crippen LogP contribution in [0.2, 0.25) is 0 Å². The number of rotatable bonds is 2. The molecule has 1 saturated heterocycles. The van der Waals surface area contributed by atoms with Gasteiger partial charge in [0.1, 0.15) is 0 Å². The van der Waals surface area contributed by atoms with Crippen molar-refractivity contribution >= 4 is 5.91 Å². The molecular formula is C15H25F3N2O. The Labute approximate surface area is 124 Å². The lowest BCUT2D eigenvalue weighted by molar-refractivity contribution is -0.185. The van der Waals surface area contributed by atoms with Crippen LogP contribution in [0.1, 0.15) is 45.4 Å². The highest BCUT2D eigenvalue weighted by Gasteiger charge is 2.43. The summed E-state index contributed by atoms with van der Waals surface area (Å²) < 4.78 is 38.0. The molecule has 1 aliphatic carbocycles. The summed E-state index contributed by atoms with van der Waals surface area (Å²) in [6.45, 7) is 3.37. The van der Waals surface area contributed by atoms with E-state index < -0.39 is 12.1 Å². The molecule has 2 rings (SSSR count). The van der Waals surface area contributed by atoms with Gasteiger partial charge in [0, 0.05) is 25.0 Å². The van der Waals surface area contributed by atoms with Crippen molar-refractivity contribution in [2.24, 2.45) is 23.5 Å². The fourth-order valence-electron chi connectivity index (χ4n) is 3.61. The third-order valence-corrected chi connectivity index (χ3v) is 5.17. The van der Waals surface area contributed by atoms with Gasteiger partial charge < -0.3 is 10.6 Å². The molecule has 6 heteroatoms. The van der Waals surface area contributed by atoms with Crippen molar-refractivity contribution in [3.05, 3.63) is 0 Å². The minimum absolute atomic E-state index is 0.0426. The van der Waals surface area contributed by atoms with Crippen molar-refractivity contribution in [2.75, 3.05) is 13.1 Å². The van der Waals surface area contributed by atoms with Gasteiger partial charge in [-0.1, -0.05) is 13.3 Å². The maximum atomic E-state index is 12.7. The average Bonchev–Trinajstić information content (AvgIpc) is 2.46. The van der Waals surface area contributed by atoms with E-state index in [0.29, 0.717) is 31.8 Å². The highest BCUT2D eigenvalue weighted by Crippen LogP contribution is 2.40. The average molecular weight is 306 g/mol. The maximum Gasteiger partial charge on any atom is 0.391 e. The van der Waals surface area contributed by atoms with E-state index in [2.05, 4.69) is 6.92 Å². The third kappa shape index (κ3) is 3.90. The van der Waals surface area contributed by atoms with Gasteiger partial charge in [-0.3, -0.25) is 4.79 Å². The first-order valence-corrected chi connectivity index (χ1v) is 7.94. The standard InChI is InChI=1S/C15H25F3N2O/c1-2-10-9-20(8-7-13(10)19)14(21)11-3-5-12(6-4-11)15(16,17)18/h10-13H,2-9,19H2,1H3. The summed E-state index contributed by atoms with van der Waals surface area (Å²) in [4.78, 5) is 14.3. The van der Waals surface area contributed by atoms with Crippen LogP contribution in [-0.4, -0.2) is 36.1 Å². The van der Waals surface area contributed by atoms with Crippen LogP contribution in [0.4, 0.5) is 13.2 Å². The van der Waals surface area contributed by atoms with E-state index in [4.69, 9.17) is 5.73 Å². The molecule has 0 aromatic carbocycles. The molecule has 1 heterocycles. The zero-order valence-electron chi connectivity index (χ0n) is 12.5. The lowest BCUT2D eigenvalue weighted by Gasteiger charge is -2.39. The van der Waals surface area contributed by atoms with E-state index in [1.807, 2.05) is 4.90 Å². The quantitative estimate of drug-likeness (QED) is 0.852. The van der Waals surface area contributed by atoms with Crippen molar-refractivity contribution in [1.82, 2.24) is 4.90 Å². The monoisotopic (exact) mass is 306 g/mol. The Morgan fingerprint density at radius 3 is 2.33 bits per heavy atom. The molecule has 0 aromatic rings. The van der Waals surface area contributed by atoms with E-state index in [9.17, 15) is 18.0 Å². The Morgan fingerprint density at radius 2 is 1.81 bits per heavy atom. The summed E-state index contributed by atoms with van der Waals surface area (Å²) in [5, 5.41) is 0. The van der Waals surface area contributed by atoms with Crippen LogP contribution in [0, 0.1) is 17.8 Å². The second-order valence-corrected chi connectivity index (χ2v) is 6.50. The Kier molecular flexibility index (Phi) is 5.17. The molecule has 2 unspecified atom stereocenters. The zero-order valence-corrected chi connectivity index (χ0v) is 12.5. The number of nitrogens with two attached hydrogens (primary N) is 1. The van der Waals surface area contributed by atoms with Crippen molar-refractivity contribution in [1.29, 1.82) is 0 Å². The number of hydrogen-bond donors (Lipinski definition) is 1. The molecular weight excluding hydrogens is 281 g/mol. The Balaban J connectivity index is 1.87. The van der Waals surface area contributed by atoms with E-state index >= 15 is 0 Å². The first kappa shape index (κ1) is 16.6. The molecule has 21 heavy (non-hydrogen) atoms. The van der Waals surface area contributed by atoms with Crippen LogP contribution in [0.15, 0.2) is 0 Å². The molecule has 0 radical (unpaired) electrons. The molecule has 2 N–H and O–H groups in total. The van der Waals surface area contributed by atoms with Crippen molar-refractivity contribution in [3.8, 4) is 0 Å². The molecule has 2 atom stereocenters. The number of piperidine rings is 1. The fraction of sp³-hybridized carbons (Fsp3) is 0.933. The SMILES string of the molecule is CCC1CN(C(=O)C2CCC(C(F)(F)F)CC2)CCC1N. The summed E-state index contributed by atoms with van der Waals surface area (Å²) in [5.74, 6) is -1.09. The van der Waals surface area contributed by atoms with Crippen LogP contribution in [0.5, 0.6) is 0 Å². The maximum absolute atomic E-state index is 12.7. The summed E-state index contributed by atoms with van der Waals surface area (Å²) in [6, 6.07) is 0.139. The number of halogens is 3. The Morgan fingerprint density at radius 1 is 1.19 bits per heavy atom. The van der Waals surface area contributed by atoms with Gasteiger partial charge in [-0.2, -0.15) is 13.2 Å². The molecule has 2 fully saturated rings. The number of alkyl halides is 3. The summed E-state index contributed by atoms with van der Waals surface area (Å²) in [7, 11) is 0. The van der Waals surface area contributed by atoms with Crippen molar-refractivity contribution in [3.63, 3.8) is 0 Å². The zero-order chi connectivity index (χ0) is 15.6. The lowest BCUT2D eigenvalue weighted by atomic mass is 9.80. The summed E-state index contributed by atoms with van der Waals surface area (Å²) in [5.41, 5.74) is 6.03. The van der Waals surface area contributed by atoms with E-state index in [1.165, 1.54) is 0 Å². The number of likely N-dealkylation sites (tertiary alicyclic amines) is 1. The van der Waals surface area contributed by atoms with Gasteiger partial charge in [0.25, 0.3) is 0 Å². The van der Waals surface area contributed by atoms with Gasteiger partial charge in [0.15, 0.2) is 0 Å². The minimum atomic E-state index is -4.11. The molecule has 1 aliphatic heterocycles. The van der Waals surface area contributed by atoms with Gasteiger partial charge in [-0.25, -0.2) is 0 Å². The predicted molar refractivity (Wildman–Crippen MR) is 74.5 cm³/mol. The fourth-order valence-corrected chi connectivity index (χ4v) is 3.61. The Hall–Kier alpha value is -0.780. The van der Waals surface area contributed by atoms with Crippen LogP contribution in [-0.2, 0) is 4.79 Å². The van der Waals surface area contributed by atoms with E-state index in [0.717, 1.165) is 12.8 Å². The number of nitrogens with zero attached hydrogens (tertiary/aromatic N) is 1. The second-order valence-electron chi connectivity index (χ2n) is 6.50. The number of hydrogen-bond acceptors (Lipinski definition) is 2. The van der Waals surface area contributed by atoms with E-state index in [1.54, 1.807) is 0 Å². The summed E-state index contributed by atoms with van der Waals surface area (Å²) in [6.07, 6.45) is -1.48.